The number of hydrogen-bond acceptors (Lipinski definition) is 6. The molecule has 198 valence electrons. The predicted molar refractivity (Wildman–Crippen MR) is 147 cm³/mol. The van der Waals surface area contributed by atoms with Crippen LogP contribution in [0.25, 0.3) is 11.1 Å². The van der Waals surface area contributed by atoms with Crippen LogP contribution in [-0.2, 0) is 16.8 Å². The molecule has 2 atom stereocenters. The van der Waals surface area contributed by atoms with Gasteiger partial charge in [-0.25, -0.2) is 0 Å². The lowest BCUT2D eigenvalue weighted by Gasteiger charge is -2.35. The zero-order valence-electron chi connectivity index (χ0n) is 22.5. The van der Waals surface area contributed by atoms with E-state index in [4.69, 9.17) is 4.52 Å². The largest absolute Gasteiger partial charge is 0.367 e. The number of rotatable bonds is 6. The van der Waals surface area contributed by atoms with Crippen molar-refractivity contribution < 1.29 is 14.1 Å². The molecule has 2 amide bonds. The minimum absolute atomic E-state index is 0.0160. The van der Waals surface area contributed by atoms with Crippen LogP contribution in [0.4, 0.5) is 5.69 Å². The van der Waals surface area contributed by atoms with Crippen LogP contribution in [0.2, 0.25) is 0 Å². The van der Waals surface area contributed by atoms with Gasteiger partial charge in [0, 0.05) is 55.5 Å². The standard InChI is InChI=1S/C30H35N5O3/c1-6-28(36)35-17-20-12-23(35)18-34(16-20)26-15-31-10-9-24(26)21-7-8-22(19(2)11-21)14-32-29(37)25-13-27(38-33-25)30(3,4)5/h6-11,13,15,20,23H,1,12,14,16-18H2,2-5H3,(H,32,37). The molecule has 5 rings (SSSR count). The van der Waals surface area contributed by atoms with Gasteiger partial charge in [0.25, 0.3) is 5.91 Å². The van der Waals surface area contributed by atoms with Crippen molar-refractivity contribution >= 4 is 17.5 Å². The minimum Gasteiger partial charge on any atom is -0.367 e. The van der Waals surface area contributed by atoms with Gasteiger partial charge < -0.3 is 19.6 Å². The predicted octanol–water partition coefficient (Wildman–Crippen LogP) is 4.50. The molecule has 8 nitrogen and oxygen atoms in total. The first-order chi connectivity index (χ1) is 18.1. The Bertz CT molecular complexity index is 1370. The molecule has 2 aliphatic rings. The zero-order valence-corrected chi connectivity index (χ0v) is 22.5. The third-order valence-electron chi connectivity index (χ3n) is 7.58. The van der Waals surface area contributed by atoms with E-state index in [1.165, 1.54) is 6.08 Å². The van der Waals surface area contributed by atoms with Crippen LogP contribution >= 0.6 is 0 Å². The molecule has 1 N–H and O–H groups in total. The second-order valence-corrected chi connectivity index (χ2v) is 11.4. The molecule has 2 saturated heterocycles. The number of aromatic nitrogens is 2. The summed E-state index contributed by atoms with van der Waals surface area (Å²) in [7, 11) is 0. The number of benzene rings is 1. The van der Waals surface area contributed by atoms with Gasteiger partial charge in [0.2, 0.25) is 5.91 Å². The first-order valence-corrected chi connectivity index (χ1v) is 13.1. The van der Waals surface area contributed by atoms with Crippen LogP contribution < -0.4 is 10.2 Å². The summed E-state index contributed by atoms with van der Waals surface area (Å²) in [6.45, 7) is 14.6. The molecule has 2 fully saturated rings. The second-order valence-electron chi connectivity index (χ2n) is 11.4. The number of anilines is 1. The Hall–Kier alpha value is -3.94. The third-order valence-corrected chi connectivity index (χ3v) is 7.58. The number of nitrogens with zero attached hydrogens (tertiary/aromatic N) is 4. The Labute approximate surface area is 223 Å². The van der Waals surface area contributed by atoms with Crippen LogP contribution in [0.15, 0.2) is 59.9 Å². The van der Waals surface area contributed by atoms with Gasteiger partial charge in [-0.1, -0.05) is 50.7 Å². The normalized spacial score (nSPS) is 18.9. The molecule has 0 radical (unpaired) electrons. The Morgan fingerprint density at radius 1 is 1.18 bits per heavy atom. The van der Waals surface area contributed by atoms with E-state index in [0.29, 0.717) is 18.2 Å². The van der Waals surface area contributed by atoms with Crippen molar-refractivity contribution in [1.29, 1.82) is 0 Å². The van der Waals surface area contributed by atoms with Gasteiger partial charge in [-0.3, -0.25) is 14.6 Å². The molecule has 3 aromatic rings. The van der Waals surface area contributed by atoms with Gasteiger partial charge in [0.15, 0.2) is 5.69 Å². The van der Waals surface area contributed by atoms with Crippen molar-refractivity contribution in [1.82, 2.24) is 20.4 Å². The molecule has 0 aliphatic carbocycles. The average Bonchev–Trinajstić information content (AvgIpc) is 3.52. The monoisotopic (exact) mass is 513 g/mol. The Balaban J connectivity index is 1.30. The Morgan fingerprint density at radius 2 is 2.00 bits per heavy atom. The Kier molecular flexibility index (Phi) is 6.82. The quantitative estimate of drug-likeness (QED) is 0.488. The van der Waals surface area contributed by atoms with E-state index in [1.54, 1.807) is 6.07 Å². The van der Waals surface area contributed by atoms with Crippen LogP contribution in [0.1, 0.15) is 54.6 Å². The number of nitrogens with one attached hydrogen (secondary N) is 1. The molecular formula is C30H35N5O3. The molecule has 0 saturated carbocycles. The highest BCUT2D eigenvalue weighted by Crippen LogP contribution is 2.37. The molecule has 2 aliphatic heterocycles. The SMILES string of the molecule is C=CC(=O)N1CC2CC1CN(c1cnccc1-c1ccc(CNC(=O)c3cc(C(C)(C)C)on3)c(C)c1)C2. The van der Waals surface area contributed by atoms with Gasteiger partial charge in [-0.2, -0.15) is 0 Å². The highest BCUT2D eigenvalue weighted by molar-refractivity contribution is 5.92. The van der Waals surface area contributed by atoms with Crippen molar-refractivity contribution in [2.45, 2.75) is 52.1 Å². The third kappa shape index (κ3) is 5.08. The average molecular weight is 514 g/mol. The molecule has 1 aromatic carbocycles. The fraction of sp³-hybridized carbons (Fsp3) is 0.400. The van der Waals surface area contributed by atoms with Crippen LogP contribution in [0.5, 0.6) is 0 Å². The van der Waals surface area contributed by atoms with Gasteiger partial charge in [-0.05, 0) is 48.1 Å². The first-order valence-electron chi connectivity index (χ1n) is 13.1. The zero-order chi connectivity index (χ0) is 27.0. The summed E-state index contributed by atoms with van der Waals surface area (Å²) in [6.07, 6.45) is 6.20. The topological polar surface area (TPSA) is 91.6 Å². The molecule has 4 heterocycles. The first kappa shape index (κ1) is 25.7. The molecule has 2 aromatic heterocycles. The number of carbonyl (C=O) groups is 2. The molecule has 8 heteroatoms. The lowest BCUT2D eigenvalue weighted by molar-refractivity contribution is -0.126. The smallest absolute Gasteiger partial charge is 0.273 e. The number of carbonyl (C=O) groups excluding carboxylic acids is 2. The summed E-state index contributed by atoms with van der Waals surface area (Å²) < 4.78 is 5.35. The number of likely N-dealkylation sites (tertiary alicyclic amines) is 1. The summed E-state index contributed by atoms with van der Waals surface area (Å²) in [4.78, 5) is 33.7. The highest BCUT2D eigenvalue weighted by atomic mass is 16.5. The number of hydrogen-bond donors (Lipinski definition) is 1. The Morgan fingerprint density at radius 3 is 2.71 bits per heavy atom. The fourth-order valence-electron chi connectivity index (χ4n) is 5.49. The lowest BCUT2D eigenvalue weighted by Crippen LogP contribution is -2.44. The van der Waals surface area contributed by atoms with E-state index in [1.807, 2.05) is 44.1 Å². The van der Waals surface area contributed by atoms with E-state index in [2.05, 4.69) is 52.1 Å². The van der Waals surface area contributed by atoms with Gasteiger partial charge in [0.1, 0.15) is 5.76 Å². The summed E-state index contributed by atoms with van der Waals surface area (Å²) in [5.74, 6) is 0.885. The fourth-order valence-corrected chi connectivity index (χ4v) is 5.49. The summed E-state index contributed by atoms with van der Waals surface area (Å²) in [5.41, 5.74) is 5.48. The van der Waals surface area contributed by atoms with Crippen molar-refractivity contribution in [2.75, 3.05) is 24.5 Å². The van der Waals surface area contributed by atoms with E-state index in [0.717, 1.165) is 54.0 Å². The van der Waals surface area contributed by atoms with E-state index < -0.39 is 0 Å². The number of amides is 2. The molecule has 0 spiro atoms. The number of pyridine rings is 1. The van der Waals surface area contributed by atoms with Crippen LogP contribution in [0.3, 0.4) is 0 Å². The van der Waals surface area contributed by atoms with Crippen molar-refractivity contribution in [2.24, 2.45) is 5.92 Å². The molecular weight excluding hydrogens is 478 g/mol. The minimum atomic E-state index is -0.257. The van der Waals surface area contributed by atoms with Crippen molar-refractivity contribution in [3.8, 4) is 11.1 Å². The van der Waals surface area contributed by atoms with E-state index >= 15 is 0 Å². The maximum atomic E-state index is 12.6. The van der Waals surface area contributed by atoms with E-state index in [-0.39, 0.29) is 29.0 Å². The maximum absolute atomic E-state index is 12.6. The summed E-state index contributed by atoms with van der Waals surface area (Å²) in [6, 6.07) is 10.3. The molecule has 2 bridgehead atoms. The van der Waals surface area contributed by atoms with Crippen molar-refractivity contribution in [3.63, 3.8) is 0 Å². The van der Waals surface area contributed by atoms with Crippen LogP contribution in [0, 0.1) is 12.8 Å². The molecule has 38 heavy (non-hydrogen) atoms. The van der Waals surface area contributed by atoms with Gasteiger partial charge in [0.05, 0.1) is 11.9 Å². The highest BCUT2D eigenvalue weighted by Gasteiger charge is 2.40. The maximum Gasteiger partial charge on any atom is 0.273 e. The summed E-state index contributed by atoms with van der Waals surface area (Å²) in [5, 5.41) is 6.89. The van der Waals surface area contributed by atoms with Gasteiger partial charge >= 0.3 is 0 Å². The number of piperidine rings is 1. The van der Waals surface area contributed by atoms with Crippen LogP contribution in [-0.4, -0.2) is 52.5 Å². The number of aryl methyl sites for hydroxylation is 1. The molecule has 2 unspecified atom stereocenters. The van der Waals surface area contributed by atoms with Crippen molar-refractivity contribution in [3.05, 3.63) is 78.0 Å². The summed E-state index contributed by atoms with van der Waals surface area (Å²) >= 11 is 0. The van der Waals surface area contributed by atoms with Gasteiger partial charge in [-0.15, -0.1) is 0 Å². The number of fused-ring (bicyclic) bond motifs is 2. The van der Waals surface area contributed by atoms with E-state index in [9.17, 15) is 9.59 Å². The second kappa shape index (κ2) is 10.1. The lowest BCUT2D eigenvalue weighted by atomic mass is 9.93.